The van der Waals surface area contributed by atoms with Crippen molar-refractivity contribution in [1.29, 1.82) is 0 Å². The second-order valence-corrected chi connectivity index (χ2v) is 17.6. The quantitative estimate of drug-likeness (QED) is 0.225. The van der Waals surface area contributed by atoms with Crippen LogP contribution in [0.3, 0.4) is 0 Å². The second kappa shape index (κ2) is 14.3. The lowest BCUT2D eigenvalue weighted by molar-refractivity contribution is 0.273. The molecule has 0 unspecified atom stereocenters. The second-order valence-electron chi connectivity index (χ2n) is 13.7. The standard InChI is InChI=1S/C38H40N6O7S2.H2O/c1-39-33-7-3-5-9-35(33)43(37(39)45)27-19-23-41(24-20-27)52(47,48)31-15-11-29(12-16-31)51-30-13-17-32(18-14-30)53(49,50)42-25-21-28(22-26-42)44-36-10-6-4-8-34(36)40(2)38(44)46;/h3-18,27-28H,19-26H2,1-2H3;1H2. The van der Waals surface area contributed by atoms with Crippen molar-refractivity contribution in [1.82, 2.24) is 26.9 Å². The molecule has 2 aliphatic heterocycles. The average molecular weight is 775 g/mol. The van der Waals surface area contributed by atoms with Gasteiger partial charge in [0.15, 0.2) is 0 Å². The first-order chi connectivity index (χ1) is 25.4. The van der Waals surface area contributed by atoms with Gasteiger partial charge in [-0.15, -0.1) is 0 Å². The smallest absolute Gasteiger partial charge is 0.329 e. The summed E-state index contributed by atoms with van der Waals surface area (Å²) in [5.74, 6) is 0.804. The summed E-state index contributed by atoms with van der Waals surface area (Å²) in [6, 6.07) is 27.3. The number of aromatic nitrogens is 4. The van der Waals surface area contributed by atoms with Crippen molar-refractivity contribution in [2.24, 2.45) is 14.1 Å². The number of benzene rings is 4. The summed E-state index contributed by atoms with van der Waals surface area (Å²) in [5.41, 5.74) is 3.18. The van der Waals surface area contributed by atoms with Crippen molar-refractivity contribution < 1.29 is 27.0 Å². The minimum Gasteiger partial charge on any atom is -0.457 e. The third-order valence-electron chi connectivity index (χ3n) is 10.7. The lowest BCUT2D eigenvalue weighted by Gasteiger charge is -2.31. The zero-order chi connectivity index (χ0) is 37.1. The zero-order valence-corrected chi connectivity index (χ0v) is 31.5. The fourth-order valence-electron chi connectivity index (χ4n) is 7.82. The number of nitrogens with zero attached hydrogens (tertiary/aromatic N) is 6. The zero-order valence-electron chi connectivity index (χ0n) is 29.9. The van der Waals surface area contributed by atoms with E-state index in [1.165, 1.54) is 32.9 Å². The van der Waals surface area contributed by atoms with Crippen LogP contribution in [0, 0.1) is 0 Å². The molecular weight excluding hydrogens is 733 g/mol. The van der Waals surface area contributed by atoms with Crippen LogP contribution in [0.25, 0.3) is 22.1 Å². The molecule has 0 amide bonds. The van der Waals surface area contributed by atoms with Crippen molar-refractivity contribution in [2.75, 3.05) is 26.2 Å². The number of ether oxygens (including phenoxy) is 1. The first-order valence-corrected chi connectivity index (χ1v) is 20.5. The van der Waals surface area contributed by atoms with Crippen LogP contribution in [0.5, 0.6) is 11.5 Å². The van der Waals surface area contributed by atoms with Crippen molar-refractivity contribution in [3.05, 3.63) is 118 Å². The van der Waals surface area contributed by atoms with Crippen LogP contribution in [-0.4, -0.2) is 75.4 Å². The third kappa shape index (κ3) is 6.36. The third-order valence-corrected chi connectivity index (χ3v) is 14.6. The Labute approximate surface area is 312 Å². The average Bonchev–Trinajstić information content (AvgIpc) is 3.59. The van der Waals surface area contributed by atoms with E-state index >= 15 is 0 Å². The Morgan fingerprint density at radius 3 is 1.15 bits per heavy atom. The summed E-state index contributed by atoms with van der Waals surface area (Å²) in [4.78, 5) is 26.3. The molecule has 4 aromatic carbocycles. The van der Waals surface area contributed by atoms with Gasteiger partial charge in [0.25, 0.3) is 0 Å². The number of hydrogen-bond acceptors (Lipinski definition) is 7. The van der Waals surface area contributed by atoms with Crippen LogP contribution in [0.15, 0.2) is 116 Å². The number of imidazole rings is 2. The van der Waals surface area contributed by atoms with Gasteiger partial charge in [-0.25, -0.2) is 26.4 Å². The van der Waals surface area contributed by atoms with Crippen LogP contribution in [-0.2, 0) is 34.1 Å². The summed E-state index contributed by atoms with van der Waals surface area (Å²) in [5, 5.41) is 0. The minimum atomic E-state index is -3.77. The number of piperidine rings is 2. The lowest BCUT2D eigenvalue weighted by atomic mass is 10.1. The number of para-hydroxylation sites is 4. The van der Waals surface area contributed by atoms with Gasteiger partial charge < -0.3 is 10.2 Å². The predicted octanol–water partition coefficient (Wildman–Crippen LogP) is 4.01. The van der Waals surface area contributed by atoms with Gasteiger partial charge in [0.1, 0.15) is 11.5 Å². The Bertz CT molecular complexity index is 2480. The normalized spacial score (nSPS) is 16.9. The van der Waals surface area contributed by atoms with Crippen molar-refractivity contribution in [3.63, 3.8) is 0 Å². The molecule has 0 aliphatic carbocycles. The molecule has 0 spiro atoms. The highest BCUT2D eigenvalue weighted by molar-refractivity contribution is 7.89. The fourth-order valence-corrected chi connectivity index (χ4v) is 10.8. The molecular formula is C38H42N6O8S2. The summed E-state index contributed by atoms with van der Waals surface area (Å²) >= 11 is 0. The molecule has 14 nitrogen and oxygen atoms in total. The molecule has 2 N–H and O–H groups in total. The van der Waals surface area contributed by atoms with Gasteiger partial charge in [-0.3, -0.25) is 18.3 Å². The van der Waals surface area contributed by atoms with E-state index in [0.29, 0.717) is 63.4 Å². The van der Waals surface area contributed by atoms with Gasteiger partial charge >= 0.3 is 11.4 Å². The largest absolute Gasteiger partial charge is 0.457 e. The number of sulfonamides is 2. The fraction of sp³-hybridized carbons (Fsp3) is 0.316. The Morgan fingerprint density at radius 1 is 0.500 bits per heavy atom. The Balaban J connectivity index is 0.00000450. The topological polar surface area (TPSA) is 169 Å². The highest BCUT2D eigenvalue weighted by atomic mass is 32.2. The molecule has 284 valence electrons. The molecule has 0 saturated carbocycles. The molecule has 2 aliphatic rings. The maximum atomic E-state index is 13.5. The van der Waals surface area contributed by atoms with Crippen molar-refractivity contribution in [2.45, 2.75) is 47.6 Å². The van der Waals surface area contributed by atoms with E-state index in [9.17, 15) is 26.4 Å². The number of fused-ring (bicyclic) bond motifs is 2. The molecule has 4 heterocycles. The van der Waals surface area contributed by atoms with Crippen molar-refractivity contribution >= 4 is 42.1 Å². The van der Waals surface area contributed by atoms with E-state index in [1.54, 1.807) is 56.6 Å². The Hall–Kier alpha value is -5.00. The maximum absolute atomic E-state index is 13.5. The van der Waals surface area contributed by atoms with Gasteiger partial charge in [-0.2, -0.15) is 8.61 Å². The lowest BCUT2D eigenvalue weighted by Crippen LogP contribution is -2.40. The highest BCUT2D eigenvalue weighted by Gasteiger charge is 2.33. The predicted molar refractivity (Wildman–Crippen MR) is 205 cm³/mol. The number of rotatable bonds is 8. The van der Waals surface area contributed by atoms with E-state index < -0.39 is 20.0 Å². The first kappa shape index (κ1) is 37.3. The van der Waals surface area contributed by atoms with Crippen LogP contribution in [0.2, 0.25) is 0 Å². The van der Waals surface area contributed by atoms with Crippen LogP contribution in [0.1, 0.15) is 37.8 Å². The van der Waals surface area contributed by atoms with E-state index in [2.05, 4.69) is 0 Å². The summed E-state index contributed by atoms with van der Waals surface area (Å²) < 4.78 is 69.8. The molecule has 16 heteroatoms. The van der Waals surface area contributed by atoms with Crippen molar-refractivity contribution in [3.8, 4) is 11.5 Å². The van der Waals surface area contributed by atoms with Gasteiger partial charge in [0.2, 0.25) is 20.0 Å². The van der Waals surface area contributed by atoms with E-state index in [1.807, 2.05) is 48.5 Å². The molecule has 54 heavy (non-hydrogen) atoms. The van der Waals surface area contributed by atoms with Gasteiger partial charge in [0.05, 0.1) is 31.9 Å². The summed E-state index contributed by atoms with van der Waals surface area (Å²) in [6.07, 6.45) is 2.07. The molecule has 0 radical (unpaired) electrons. The van der Waals surface area contributed by atoms with E-state index in [0.717, 1.165) is 22.1 Å². The molecule has 0 atom stereocenters. The first-order valence-electron chi connectivity index (χ1n) is 17.7. The highest BCUT2D eigenvalue weighted by Crippen LogP contribution is 2.32. The summed E-state index contributed by atoms with van der Waals surface area (Å²) in [7, 11) is -4.05. The van der Waals surface area contributed by atoms with Gasteiger partial charge in [-0.05, 0) is 98.5 Å². The van der Waals surface area contributed by atoms with Crippen LogP contribution >= 0.6 is 0 Å². The molecule has 0 bridgehead atoms. The number of aryl methyl sites for hydroxylation is 2. The van der Waals surface area contributed by atoms with Gasteiger partial charge in [-0.1, -0.05) is 24.3 Å². The summed E-state index contributed by atoms with van der Waals surface area (Å²) in [6.45, 7) is 1.16. The van der Waals surface area contributed by atoms with Crippen LogP contribution in [0.4, 0.5) is 0 Å². The number of hydrogen-bond donors (Lipinski definition) is 0. The SMILES string of the molecule is Cn1c(=O)n(C2CCN(S(=O)(=O)c3ccc(Oc4ccc(S(=O)(=O)N5CCC(n6c(=O)n(C)c7ccccc76)CC5)cc4)cc3)CC2)c2ccccc21.O. The monoisotopic (exact) mass is 774 g/mol. The molecule has 2 saturated heterocycles. The van der Waals surface area contributed by atoms with E-state index in [4.69, 9.17) is 4.74 Å². The maximum Gasteiger partial charge on any atom is 0.329 e. The van der Waals surface area contributed by atoms with Crippen LogP contribution < -0.4 is 16.1 Å². The molecule has 8 rings (SSSR count). The minimum absolute atomic E-state index is 0. The Kier molecular flexibility index (Phi) is 9.91. The van der Waals surface area contributed by atoms with Gasteiger partial charge in [0, 0.05) is 52.4 Å². The van der Waals surface area contributed by atoms with E-state index in [-0.39, 0.29) is 38.7 Å². The molecule has 2 fully saturated rings. The molecule has 6 aromatic rings. The molecule has 2 aromatic heterocycles. The Morgan fingerprint density at radius 2 is 0.815 bits per heavy atom.